The number of amides is 1. The highest BCUT2D eigenvalue weighted by molar-refractivity contribution is 6.30. The van der Waals surface area contributed by atoms with E-state index in [9.17, 15) is 9.18 Å². The highest BCUT2D eigenvalue weighted by Crippen LogP contribution is 2.19. The van der Waals surface area contributed by atoms with Crippen molar-refractivity contribution in [1.29, 1.82) is 0 Å². The van der Waals surface area contributed by atoms with Crippen molar-refractivity contribution in [3.8, 4) is 0 Å². The van der Waals surface area contributed by atoms with Gasteiger partial charge in [-0.1, -0.05) is 17.7 Å². The number of carbonyl (C=O) groups excluding carboxylic acids is 1. The molecule has 1 aromatic carbocycles. The fraction of sp³-hybridized carbons (Fsp3) is 0.562. The Bertz CT molecular complexity index is 503. The SMILES string of the molecule is CC(NCCCNC(=O)OC(C)(C)C)c1ccc(Cl)c(F)c1. The summed E-state index contributed by atoms with van der Waals surface area (Å²) in [4.78, 5) is 11.4. The van der Waals surface area contributed by atoms with E-state index in [0.717, 1.165) is 12.0 Å². The van der Waals surface area contributed by atoms with E-state index < -0.39 is 17.5 Å². The summed E-state index contributed by atoms with van der Waals surface area (Å²) in [7, 11) is 0. The Morgan fingerprint density at radius 1 is 1.36 bits per heavy atom. The van der Waals surface area contributed by atoms with Crippen molar-refractivity contribution in [3.63, 3.8) is 0 Å². The first-order valence-electron chi connectivity index (χ1n) is 7.34. The summed E-state index contributed by atoms with van der Waals surface area (Å²) < 4.78 is 18.5. The van der Waals surface area contributed by atoms with Crippen molar-refractivity contribution >= 4 is 17.7 Å². The molecule has 1 aromatic rings. The van der Waals surface area contributed by atoms with Gasteiger partial charge in [0.25, 0.3) is 0 Å². The van der Waals surface area contributed by atoms with Gasteiger partial charge in [0, 0.05) is 12.6 Å². The Labute approximate surface area is 136 Å². The highest BCUT2D eigenvalue weighted by atomic mass is 35.5. The predicted molar refractivity (Wildman–Crippen MR) is 86.7 cm³/mol. The summed E-state index contributed by atoms with van der Waals surface area (Å²) in [5.74, 6) is -0.417. The molecule has 4 nitrogen and oxygen atoms in total. The molecule has 0 saturated heterocycles. The lowest BCUT2D eigenvalue weighted by Gasteiger charge is -2.20. The molecule has 0 aliphatic heterocycles. The minimum Gasteiger partial charge on any atom is -0.444 e. The van der Waals surface area contributed by atoms with Gasteiger partial charge in [-0.15, -0.1) is 0 Å². The first-order chi connectivity index (χ1) is 10.2. The van der Waals surface area contributed by atoms with Crippen molar-refractivity contribution in [3.05, 3.63) is 34.6 Å². The molecule has 0 spiro atoms. The van der Waals surface area contributed by atoms with Crippen LogP contribution in [0.2, 0.25) is 5.02 Å². The second-order valence-corrected chi connectivity index (χ2v) is 6.54. The number of hydrogen-bond donors (Lipinski definition) is 2. The molecule has 1 amide bonds. The van der Waals surface area contributed by atoms with Crippen molar-refractivity contribution < 1.29 is 13.9 Å². The molecule has 0 aliphatic carbocycles. The van der Waals surface area contributed by atoms with Crippen molar-refractivity contribution in [2.24, 2.45) is 0 Å². The first-order valence-corrected chi connectivity index (χ1v) is 7.72. The molecule has 6 heteroatoms. The third kappa shape index (κ3) is 7.09. The number of ether oxygens (including phenoxy) is 1. The molecular weight excluding hydrogens is 307 g/mol. The van der Waals surface area contributed by atoms with Gasteiger partial charge in [-0.2, -0.15) is 0 Å². The van der Waals surface area contributed by atoms with Gasteiger partial charge in [-0.25, -0.2) is 9.18 Å². The molecule has 0 aromatic heterocycles. The number of hydrogen-bond acceptors (Lipinski definition) is 3. The Morgan fingerprint density at radius 2 is 2.05 bits per heavy atom. The maximum Gasteiger partial charge on any atom is 0.407 e. The summed E-state index contributed by atoms with van der Waals surface area (Å²) in [5.41, 5.74) is 0.345. The van der Waals surface area contributed by atoms with Crippen LogP contribution in [0.4, 0.5) is 9.18 Å². The average molecular weight is 331 g/mol. The molecule has 0 bridgehead atoms. The van der Waals surface area contributed by atoms with E-state index in [-0.39, 0.29) is 11.1 Å². The van der Waals surface area contributed by atoms with Crippen molar-refractivity contribution in [2.75, 3.05) is 13.1 Å². The molecule has 1 unspecified atom stereocenters. The number of benzene rings is 1. The van der Waals surface area contributed by atoms with Gasteiger partial charge in [0.15, 0.2) is 0 Å². The van der Waals surface area contributed by atoms with Gasteiger partial charge in [0.2, 0.25) is 0 Å². The third-order valence-corrected chi connectivity index (χ3v) is 3.22. The number of halogens is 2. The second-order valence-electron chi connectivity index (χ2n) is 6.13. The summed E-state index contributed by atoms with van der Waals surface area (Å²) in [5, 5.41) is 6.08. The zero-order valence-corrected chi connectivity index (χ0v) is 14.3. The zero-order valence-electron chi connectivity index (χ0n) is 13.5. The minimum absolute atomic E-state index is 0.00768. The van der Waals surface area contributed by atoms with Gasteiger partial charge in [-0.3, -0.25) is 0 Å². The fourth-order valence-electron chi connectivity index (χ4n) is 1.81. The summed E-state index contributed by atoms with van der Waals surface area (Å²) in [6, 6.07) is 4.78. The zero-order chi connectivity index (χ0) is 16.8. The molecule has 22 heavy (non-hydrogen) atoms. The molecule has 0 saturated carbocycles. The van der Waals surface area contributed by atoms with Crippen LogP contribution in [0.5, 0.6) is 0 Å². The maximum atomic E-state index is 13.4. The number of rotatable bonds is 6. The topological polar surface area (TPSA) is 50.4 Å². The van der Waals surface area contributed by atoms with Crippen molar-refractivity contribution in [2.45, 2.75) is 45.8 Å². The second kappa shape index (κ2) is 8.34. The molecule has 124 valence electrons. The summed E-state index contributed by atoms with van der Waals surface area (Å²) in [6.07, 6.45) is 0.333. The van der Waals surface area contributed by atoms with Crippen LogP contribution in [0.3, 0.4) is 0 Å². The minimum atomic E-state index is -0.491. The van der Waals surface area contributed by atoms with Crippen LogP contribution in [0.1, 0.15) is 45.7 Å². The molecule has 0 fully saturated rings. The maximum absolute atomic E-state index is 13.4. The van der Waals surface area contributed by atoms with E-state index in [1.807, 2.05) is 27.7 Å². The van der Waals surface area contributed by atoms with Gasteiger partial charge in [0.05, 0.1) is 5.02 Å². The van der Waals surface area contributed by atoms with Crippen LogP contribution in [0, 0.1) is 5.82 Å². The molecule has 1 rings (SSSR count). The van der Waals surface area contributed by atoms with Gasteiger partial charge < -0.3 is 15.4 Å². The van der Waals surface area contributed by atoms with Gasteiger partial charge >= 0.3 is 6.09 Å². The van der Waals surface area contributed by atoms with E-state index in [2.05, 4.69) is 10.6 Å². The highest BCUT2D eigenvalue weighted by Gasteiger charge is 2.15. The van der Waals surface area contributed by atoms with Crippen LogP contribution < -0.4 is 10.6 Å². The monoisotopic (exact) mass is 330 g/mol. The normalized spacial score (nSPS) is 12.8. The van der Waals surface area contributed by atoms with E-state index in [1.165, 1.54) is 6.07 Å². The van der Waals surface area contributed by atoms with Crippen molar-refractivity contribution in [1.82, 2.24) is 10.6 Å². The van der Waals surface area contributed by atoms with E-state index >= 15 is 0 Å². The van der Waals surface area contributed by atoms with Crippen LogP contribution in [0.15, 0.2) is 18.2 Å². The Kier molecular flexibility index (Phi) is 7.10. The third-order valence-electron chi connectivity index (χ3n) is 2.92. The Hall–Kier alpha value is -1.33. The standard InChI is InChI=1S/C16H24ClFN2O2/c1-11(12-6-7-13(17)14(18)10-12)19-8-5-9-20-15(21)22-16(2,3)4/h6-7,10-11,19H,5,8-9H2,1-4H3,(H,20,21). The van der Waals surface area contributed by atoms with Gasteiger partial charge in [-0.05, 0) is 58.4 Å². The number of carbonyl (C=O) groups is 1. The van der Waals surface area contributed by atoms with Gasteiger partial charge in [0.1, 0.15) is 11.4 Å². The lowest BCUT2D eigenvalue weighted by atomic mass is 10.1. The molecule has 1 atom stereocenters. The first kappa shape index (κ1) is 18.7. The van der Waals surface area contributed by atoms with Crippen LogP contribution in [-0.2, 0) is 4.74 Å². The molecule has 0 heterocycles. The van der Waals surface area contributed by atoms with Crippen LogP contribution in [-0.4, -0.2) is 24.8 Å². The lowest BCUT2D eigenvalue weighted by Crippen LogP contribution is -2.34. The quantitative estimate of drug-likeness (QED) is 0.774. The fourth-order valence-corrected chi connectivity index (χ4v) is 1.93. The van der Waals surface area contributed by atoms with E-state index in [4.69, 9.17) is 16.3 Å². The molecule has 2 N–H and O–H groups in total. The predicted octanol–water partition coefficient (Wildman–Crippen LogP) is 4.04. The largest absolute Gasteiger partial charge is 0.444 e. The Morgan fingerprint density at radius 3 is 2.64 bits per heavy atom. The molecular formula is C16H24ClFN2O2. The average Bonchev–Trinajstić information content (AvgIpc) is 2.39. The molecule has 0 radical (unpaired) electrons. The van der Waals surface area contributed by atoms with E-state index in [1.54, 1.807) is 12.1 Å². The lowest BCUT2D eigenvalue weighted by molar-refractivity contribution is 0.0527. The Balaban J connectivity index is 2.24. The number of nitrogens with one attached hydrogen (secondary N) is 2. The molecule has 0 aliphatic rings. The van der Waals surface area contributed by atoms with E-state index in [0.29, 0.717) is 13.1 Å². The number of alkyl carbamates (subject to hydrolysis) is 1. The van der Waals surface area contributed by atoms with Crippen LogP contribution in [0.25, 0.3) is 0 Å². The van der Waals surface area contributed by atoms with Crippen LogP contribution >= 0.6 is 11.6 Å². The smallest absolute Gasteiger partial charge is 0.407 e. The summed E-state index contributed by atoms with van der Waals surface area (Å²) >= 11 is 5.66. The summed E-state index contributed by atoms with van der Waals surface area (Å²) in [6.45, 7) is 8.62.